The quantitative estimate of drug-likeness (QED) is 0.281. The second-order valence-corrected chi connectivity index (χ2v) is 9.42. The molecule has 0 amide bonds. The van der Waals surface area contributed by atoms with E-state index in [9.17, 15) is 8.42 Å². The molecule has 4 N–H and O–H groups in total. The summed E-state index contributed by atoms with van der Waals surface area (Å²) >= 11 is 0. The van der Waals surface area contributed by atoms with Crippen LogP contribution in [0, 0.1) is 0 Å². The maximum absolute atomic E-state index is 13.3. The second-order valence-electron chi connectivity index (χ2n) is 7.76. The average Bonchev–Trinajstić information content (AvgIpc) is 3.48. The summed E-state index contributed by atoms with van der Waals surface area (Å²) in [7, 11) is -2.63. The normalized spacial score (nSPS) is 11.7. The smallest absolute Gasteiger partial charge is 0.266 e. The van der Waals surface area contributed by atoms with Crippen LogP contribution in [0.25, 0.3) is 11.0 Å². The van der Waals surface area contributed by atoms with Crippen LogP contribution in [0.3, 0.4) is 0 Å². The Labute approximate surface area is 202 Å². The molecule has 2 aromatic carbocycles. The van der Waals surface area contributed by atoms with E-state index in [0.29, 0.717) is 36.2 Å². The fourth-order valence-corrected chi connectivity index (χ4v) is 4.84. The van der Waals surface area contributed by atoms with Gasteiger partial charge in [-0.25, -0.2) is 8.42 Å². The molecule has 4 rings (SSSR count). The van der Waals surface area contributed by atoms with Gasteiger partial charge in [0, 0.05) is 18.3 Å². The highest BCUT2D eigenvalue weighted by Gasteiger charge is 2.25. The van der Waals surface area contributed by atoms with Crippen molar-refractivity contribution < 1.29 is 27.5 Å². The van der Waals surface area contributed by atoms with Gasteiger partial charge in [0.25, 0.3) is 10.0 Å². The van der Waals surface area contributed by atoms with Gasteiger partial charge in [0.2, 0.25) is 0 Å². The molecular formula is C23H27N5O6S. The molecule has 0 spiro atoms. The first-order valence-electron chi connectivity index (χ1n) is 11.0. The maximum atomic E-state index is 13.3. The third-order valence-corrected chi connectivity index (χ3v) is 6.73. The molecule has 35 heavy (non-hydrogen) atoms. The Bertz CT molecular complexity index is 1430. The van der Waals surface area contributed by atoms with Crippen LogP contribution in [0.4, 0.5) is 5.82 Å². The van der Waals surface area contributed by atoms with Gasteiger partial charge in [0.15, 0.2) is 11.4 Å². The van der Waals surface area contributed by atoms with Crippen molar-refractivity contribution in [2.24, 2.45) is 5.73 Å². The highest BCUT2D eigenvalue weighted by Crippen LogP contribution is 2.36. The van der Waals surface area contributed by atoms with Gasteiger partial charge in [-0.3, -0.25) is 9.40 Å². The number of methoxy groups -OCH3 is 1. The van der Waals surface area contributed by atoms with Gasteiger partial charge in [-0.2, -0.15) is 5.10 Å². The third-order valence-electron chi connectivity index (χ3n) is 5.37. The molecule has 12 heteroatoms. The zero-order chi connectivity index (χ0) is 25.0. The summed E-state index contributed by atoms with van der Waals surface area (Å²) in [6.45, 7) is 2.45. The number of aryl methyl sites for hydroxylation is 1. The lowest BCUT2D eigenvalue weighted by Crippen LogP contribution is -2.16. The number of aliphatic hydroxyl groups excluding tert-OH is 1. The van der Waals surface area contributed by atoms with Crippen molar-refractivity contribution in [2.75, 3.05) is 25.0 Å². The minimum absolute atomic E-state index is 0.0112. The molecule has 0 bridgehead atoms. The molecule has 4 aromatic rings. The first kappa shape index (κ1) is 24.5. The van der Waals surface area contributed by atoms with E-state index in [0.717, 1.165) is 16.7 Å². The average molecular weight is 502 g/mol. The van der Waals surface area contributed by atoms with Crippen LogP contribution < -0.4 is 19.9 Å². The molecule has 0 saturated carbocycles. The summed E-state index contributed by atoms with van der Waals surface area (Å²) in [6, 6.07) is 8.40. The van der Waals surface area contributed by atoms with Gasteiger partial charge in [0.05, 0.1) is 26.5 Å². The number of sulfonamides is 1. The van der Waals surface area contributed by atoms with E-state index in [1.165, 1.54) is 13.2 Å². The van der Waals surface area contributed by atoms with Crippen LogP contribution in [0.1, 0.15) is 23.6 Å². The van der Waals surface area contributed by atoms with E-state index in [2.05, 4.69) is 15.0 Å². The molecule has 0 aliphatic carbocycles. The Morgan fingerprint density at radius 2 is 2.00 bits per heavy atom. The van der Waals surface area contributed by atoms with Crippen LogP contribution >= 0.6 is 0 Å². The van der Waals surface area contributed by atoms with E-state index in [1.807, 2.05) is 13.1 Å². The molecule has 0 atom stereocenters. The Morgan fingerprint density at radius 3 is 2.69 bits per heavy atom. The molecule has 11 nitrogen and oxygen atoms in total. The topological polar surface area (TPSA) is 155 Å². The number of hydrogen-bond donors (Lipinski definition) is 3. The van der Waals surface area contributed by atoms with Crippen molar-refractivity contribution in [2.45, 2.75) is 31.3 Å². The predicted molar refractivity (Wildman–Crippen MR) is 129 cm³/mol. The van der Waals surface area contributed by atoms with Crippen LogP contribution in [0.15, 0.2) is 52.1 Å². The number of nitrogens with zero attached hydrogens (tertiary/aromatic N) is 3. The van der Waals surface area contributed by atoms with Crippen molar-refractivity contribution >= 4 is 26.8 Å². The van der Waals surface area contributed by atoms with Crippen molar-refractivity contribution in [3.8, 4) is 11.5 Å². The minimum atomic E-state index is -4.11. The standard InChI is InChI=1S/C23H27N5O6S/c1-3-15-4-5-18(33-7-6-29)21(10-15)35(30,31)27-23-22-19(32-2)8-16(9-20(22)34-26-23)13-28-14-17(11-24)12-25-28/h4-5,8-10,12,14,29H,3,6-7,11,13,24H2,1-2H3,(H,26,27). The van der Waals surface area contributed by atoms with Crippen LogP contribution in [0.5, 0.6) is 11.5 Å². The van der Waals surface area contributed by atoms with Gasteiger partial charge >= 0.3 is 0 Å². The largest absolute Gasteiger partial charge is 0.496 e. The molecular weight excluding hydrogens is 474 g/mol. The van der Waals surface area contributed by atoms with Crippen molar-refractivity contribution in [3.63, 3.8) is 0 Å². The Kier molecular flexibility index (Phi) is 7.24. The lowest BCUT2D eigenvalue weighted by molar-refractivity contribution is 0.198. The number of hydrogen-bond acceptors (Lipinski definition) is 9. The zero-order valence-corrected chi connectivity index (χ0v) is 20.2. The summed E-state index contributed by atoms with van der Waals surface area (Å²) in [4.78, 5) is -0.0635. The summed E-state index contributed by atoms with van der Waals surface area (Å²) < 4.78 is 47.3. The fraction of sp³-hybridized carbons (Fsp3) is 0.304. The Hall–Kier alpha value is -3.61. The number of anilines is 1. The Balaban J connectivity index is 1.69. The molecule has 0 unspecified atom stereocenters. The van der Waals surface area contributed by atoms with Gasteiger partial charge in [-0.05, 0) is 41.8 Å². The monoisotopic (exact) mass is 501 g/mol. The second kappa shape index (κ2) is 10.3. The van der Waals surface area contributed by atoms with Gasteiger partial charge in [-0.15, -0.1) is 0 Å². The number of aromatic nitrogens is 3. The first-order valence-corrected chi connectivity index (χ1v) is 12.4. The van der Waals surface area contributed by atoms with E-state index in [-0.39, 0.29) is 29.7 Å². The Morgan fingerprint density at radius 1 is 1.17 bits per heavy atom. The molecule has 0 radical (unpaired) electrons. The first-order chi connectivity index (χ1) is 16.9. The van der Waals surface area contributed by atoms with Gasteiger partial charge in [0.1, 0.15) is 28.4 Å². The molecule has 0 fully saturated rings. The lowest BCUT2D eigenvalue weighted by atomic mass is 10.1. The number of benzene rings is 2. The number of nitrogens with one attached hydrogen (secondary N) is 1. The highest BCUT2D eigenvalue weighted by atomic mass is 32.2. The summed E-state index contributed by atoms with van der Waals surface area (Å²) in [5.74, 6) is 0.506. The van der Waals surface area contributed by atoms with Crippen molar-refractivity contribution in [1.82, 2.24) is 14.9 Å². The molecule has 0 aliphatic rings. The van der Waals surface area contributed by atoms with Crippen LogP contribution in [0.2, 0.25) is 0 Å². The van der Waals surface area contributed by atoms with E-state index in [4.69, 9.17) is 24.8 Å². The van der Waals surface area contributed by atoms with E-state index < -0.39 is 10.0 Å². The predicted octanol–water partition coefficient (Wildman–Crippen LogP) is 2.27. The number of ether oxygens (including phenoxy) is 2. The summed E-state index contributed by atoms with van der Waals surface area (Å²) in [5.41, 5.74) is 8.54. The van der Waals surface area contributed by atoms with Gasteiger partial charge < -0.3 is 24.8 Å². The molecule has 0 aliphatic heterocycles. The molecule has 186 valence electrons. The summed E-state index contributed by atoms with van der Waals surface area (Å²) in [5, 5.41) is 17.7. The van der Waals surface area contributed by atoms with Crippen LogP contribution in [-0.2, 0) is 29.5 Å². The number of nitrogens with two attached hydrogens (primary N) is 1. The highest BCUT2D eigenvalue weighted by molar-refractivity contribution is 7.92. The van der Waals surface area contributed by atoms with Crippen molar-refractivity contribution in [3.05, 3.63) is 59.4 Å². The molecule has 2 aromatic heterocycles. The number of aliphatic hydroxyl groups is 1. The third kappa shape index (κ3) is 5.24. The van der Waals surface area contributed by atoms with E-state index in [1.54, 1.807) is 35.1 Å². The fourth-order valence-electron chi connectivity index (χ4n) is 3.64. The number of fused-ring (bicyclic) bond motifs is 1. The summed E-state index contributed by atoms with van der Waals surface area (Å²) in [6.07, 6.45) is 4.18. The number of rotatable bonds is 11. The van der Waals surface area contributed by atoms with Gasteiger partial charge in [-0.1, -0.05) is 18.1 Å². The molecule has 0 saturated heterocycles. The van der Waals surface area contributed by atoms with E-state index >= 15 is 0 Å². The van der Waals surface area contributed by atoms with Crippen LogP contribution in [-0.4, -0.2) is 48.8 Å². The zero-order valence-electron chi connectivity index (χ0n) is 19.4. The maximum Gasteiger partial charge on any atom is 0.266 e. The van der Waals surface area contributed by atoms with Crippen molar-refractivity contribution in [1.29, 1.82) is 0 Å². The molecule has 2 heterocycles. The minimum Gasteiger partial charge on any atom is -0.496 e. The SMILES string of the molecule is CCc1ccc(OCCO)c(S(=O)(=O)Nc2noc3cc(Cn4cc(CN)cn4)cc(OC)c23)c1. The lowest BCUT2D eigenvalue weighted by Gasteiger charge is -2.13.